The Morgan fingerprint density at radius 1 is 1.45 bits per heavy atom. The van der Waals surface area contributed by atoms with Crippen LogP contribution >= 0.6 is 11.3 Å². The maximum atomic E-state index is 11.7. The van der Waals surface area contributed by atoms with E-state index in [2.05, 4.69) is 25.5 Å². The zero-order chi connectivity index (χ0) is 13.8. The van der Waals surface area contributed by atoms with Crippen molar-refractivity contribution in [3.05, 3.63) is 41.8 Å². The van der Waals surface area contributed by atoms with Crippen molar-refractivity contribution >= 4 is 22.4 Å². The normalized spacial score (nSPS) is 10.6. The van der Waals surface area contributed by atoms with Gasteiger partial charge in [0.2, 0.25) is 11.8 Å². The molecule has 3 aromatic heterocycles. The fraction of sp³-hybridized carbons (Fsp3) is 0.182. The molecule has 0 aliphatic heterocycles. The van der Waals surface area contributed by atoms with E-state index in [1.165, 1.54) is 11.3 Å². The lowest BCUT2D eigenvalue weighted by Crippen LogP contribution is -2.14. The SMILES string of the molecule is O=C(Cc1nc(Cn2cccn2)no1)Nc1nccs1. The summed E-state index contributed by atoms with van der Waals surface area (Å²) in [4.78, 5) is 19.8. The van der Waals surface area contributed by atoms with E-state index in [4.69, 9.17) is 4.52 Å². The molecular weight excluding hydrogens is 280 g/mol. The minimum atomic E-state index is -0.241. The topological polar surface area (TPSA) is 98.7 Å². The first-order valence-corrected chi connectivity index (χ1v) is 6.66. The molecule has 3 rings (SSSR count). The fourth-order valence-corrected chi connectivity index (χ4v) is 2.10. The number of hydrogen-bond donors (Lipinski definition) is 1. The second kappa shape index (κ2) is 5.61. The maximum absolute atomic E-state index is 11.7. The molecule has 0 spiro atoms. The number of amides is 1. The Morgan fingerprint density at radius 3 is 3.15 bits per heavy atom. The number of carbonyl (C=O) groups excluding carboxylic acids is 1. The number of thiazole rings is 1. The second-order valence-corrected chi connectivity index (χ2v) is 4.76. The van der Waals surface area contributed by atoms with Crippen molar-refractivity contribution in [2.24, 2.45) is 0 Å². The zero-order valence-corrected chi connectivity index (χ0v) is 11.1. The highest BCUT2D eigenvalue weighted by Gasteiger charge is 2.12. The number of nitrogens with one attached hydrogen (secondary N) is 1. The zero-order valence-electron chi connectivity index (χ0n) is 10.3. The van der Waals surface area contributed by atoms with Crippen LogP contribution in [0.5, 0.6) is 0 Å². The average molecular weight is 290 g/mol. The van der Waals surface area contributed by atoms with Gasteiger partial charge in [-0.25, -0.2) is 4.98 Å². The number of aromatic nitrogens is 5. The molecule has 102 valence electrons. The summed E-state index contributed by atoms with van der Waals surface area (Å²) >= 11 is 1.35. The maximum Gasteiger partial charge on any atom is 0.236 e. The van der Waals surface area contributed by atoms with Crippen molar-refractivity contribution in [1.29, 1.82) is 0 Å². The molecule has 20 heavy (non-hydrogen) atoms. The summed E-state index contributed by atoms with van der Waals surface area (Å²) in [6.45, 7) is 0.407. The van der Waals surface area contributed by atoms with Crippen LogP contribution in [0.25, 0.3) is 0 Å². The van der Waals surface area contributed by atoms with Crippen molar-refractivity contribution in [2.75, 3.05) is 5.32 Å². The van der Waals surface area contributed by atoms with Crippen LogP contribution in [0.4, 0.5) is 5.13 Å². The van der Waals surface area contributed by atoms with Crippen LogP contribution in [-0.4, -0.2) is 30.8 Å². The third kappa shape index (κ3) is 3.06. The molecule has 0 saturated carbocycles. The van der Waals surface area contributed by atoms with Gasteiger partial charge in [0.1, 0.15) is 13.0 Å². The Kier molecular flexibility index (Phi) is 3.50. The number of hydrogen-bond acceptors (Lipinski definition) is 7. The van der Waals surface area contributed by atoms with Crippen molar-refractivity contribution in [2.45, 2.75) is 13.0 Å². The van der Waals surface area contributed by atoms with Crippen molar-refractivity contribution < 1.29 is 9.32 Å². The van der Waals surface area contributed by atoms with Gasteiger partial charge in [0.15, 0.2) is 11.0 Å². The fourth-order valence-electron chi connectivity index (χ4n) is 1.55. The average Bonchev–Trinajstić information content (AvgIpc) is 3.12. The van der Waals surface area contributed by atoms with E-state index in [0.717, 1.165) is 0 Å². The molecule has 1 amide bonds. The van der Waals surface area contributed by atoms with Gasteiger partial charge >= 0.3 is 0 Å². The minimum Gasteiger partial charge on any atom is -0.339 e. The summed E-state index contributed by atoms with van der Waals surface area (Å²) in [6.07, 6.45) is 5.11. The predicted octanol–water partition coefficient (Wildman–Crippen LogP) is 0.952. The van der Waals surface area contributed by atoms with Crippen molar-refractivity contribution in [3.63, 3.8) is 0 Å². The lowest BCUT2D eigenvalue weighted by atomic mass is 10.4. The van der Waals surface area contributed by atoms with Gasteiger partial charge in [0.25, 0.3) is 0 Å². The summed E-state index contributed by atoms with van der Waals surface area (Å²) in [5.41, 5.74) is 0. The van der Waals surface area contributed by atoms with Gasteiger partial charge in [-0.1, -0.05) is 5.16 Å². The Morgan fingerprint density at radius 2 is 2.40 bits per heavy atom. The molecule has 0 saturated heterocycles. The molecule has 1 N–H and O–H groups in total. The standard InChI is InChI=1S/C11H10N6O2S/c18-9(15-11-12-3-5-20-11)6-10-14-8(16-19-10)7-17-4-1-2-13-17/h1-5H,6-7H2,(H,12,15,18). The molecule has 0 aliphatic rings. The van der Waals surface area contributed by atoms with Crippen LogP contribution in [0.15, 0.2) is 34.6 Å². The molecular formula is C11H10N6O2S. The lowest BCUT2D eigenvalue weighted by Gasteiger charge is -1.97. The molecule has 0 unspecified atom stereocenters. The third-order valence-electron chi connectivity index (χ3n) is 2.36. The summed E-state index contributed by atoms with van der Waals surface area (Å²) in [5.74, 6) is 0.501. The molecule has 0 fully saturated rings. The Bertz CT molecular complexity index is 676. The lowest BCUT2D eigenvalue weighted by molar-refractivity contribution is -0.115. The first kappa shape index (κ1) is 12.5. The molecule has 3 heterocycles. The first-order chi connectivity index (χ1) is 9.79. The van der Waals surface area contributed by atoms with Crippen LogP contribution < -0.4 is 5.32 Å². The number of rotatable bonds is 5. The van der Waals surface area contributed by atoms with Gasteiger partial charge in [-0.05, 0) is 6.07 Å². The molecule has 0 radical (unpaired) electrons. The molecule has 0 aliphatic carbocycles. The van der Waals surface area contributed by atoms with Gasteiger partial charge in [-0.15, -0.1) is 11.3 Å². The van der Waals surface area contributed by atoms with Crippen molar-refractivity contribution in [3.8, 4) is 0 Å². The highest BCUT2D eigenvalue weighted by molar-refractivity contribution is 7.13. The molecule has 0 aromatic carbocycles. The summed E-state index contributed by atoms with van der Waals surface area (Å²) in [5, 5.41) is 12.8. The smallest absolute Gasteiger partial charge is 0.236 e. The molecule has 0 bridgehead atoms. The van der Waals surface area contributed by atoms with Crippen LogP contribution in [0.2, 0.25) is 0 Å². The number of nitrogens with zero attached hydrogens (tertiary/aromatic N) is 5. The summed E-state index contributed by atoms with van der Waals surface area (Å²) in [6, 6.07) is 1.81. The van der Waals surface area contributed by atoms with E-state index in [9.17, 15) is 4.79 Å². The van der Waals surface area contributed by atoms with E-state index < -0.39 is 0 Å². The molecule has 3 aromatic rings. The quantitative estimate of drug-likeness (QED) is 0.751. The minimum absolute atomic E-state index is 0.0195. The van der Waals surface area contributed by atoms with Crippen LogP contribution in [0.3, 0.4) is 0 Å². The Hall–Kier alpha value is -2.55. The third-order valence-corrected chi connectivity index (χ3v) is 3.05. The van der Waals surface area contributed by atoms with E-state index in [0.29, 0.717) is 17.5 Å². The Balaban J connectivity index is 1.58. The summed E-state index contributed by atoms with van der Waals surface area (Å²) < 4.78 is 6.69. The van der Waals surface area contributed by atoms with Gasteiger partial charge < -0.3 is 9.84 Å². The monoisotopic (exact) mass is 290 g/mol. The van der Waals surface area contributed by atoms with Crippen LogP contribution in [0, 0.1) is 0 Å². The van der Waals surface area contributed by atoms with Crippen molar-refractivity contribution in [1.82, 2.24) is 24.9 Å². The van der Waals surface area contributed by atoms with Gasteiger partial charge in [0, 0.05) is 24.0 Å². The largest absolute Gasteiger partial charge is 0.339 e. The van der Waals surface area contributed by atoms with Gasteiger partial charge in [-0.2, -0.15) is 10.1 Å². The first-order valence-electron chi connectivity index (χ1n) is 5.78. The molecule has 9 heteroatoms. The number of anilines is 1. The van der Waals surface area contributed by atoms with Gasteiger partial charge in [-0.3, -0.25) is 9.48 Å². The summed E-state index contributed by atoms with van der Waals surface area (Å²) in [7, 11) is 0. The second-order valence-electron chi connectivity index (χ2n) is 3.87. The molecule has 8 nitrogen and oxygen atoms in total. The van der Waals surface area contributed by atoms with Crippen LogP contribution in [0.1, 0.15) is 11.7 Å². The van der Waals surface area contributed by atoms with Crippen LogP contribution in [-0.2, 0) is 17.8 Å². The van der Waals surface area contributed by atoms with Gasteiger partial charge in [0.05, 0.1) is 0 Å². The predicted molar refractivity (Wildman–Crippen MR) is 70.1 cm³/mol. The number of carbonyl (C=O) groups is 1. The van der Waals surface area contributed by atoms with E-state index in [1.54, 1.807) is 28.7 Å². The highest BCUT2D eigenvalue weighted by Crippen LogP contribution is 2.10. The Labute approximate surface area is 117 Å². The van der Waals surface area contributed by atoms with E-state index in [1.807, 2.05) is 6.07 Å². The highest BCUT2D eigenvalue weighted by atomic mass is 32.1. The van der Waals surface area contributed by atoms with E-state index in [-0.39, 0.29) is 18.2 Å². The van der Waals surface area contributed by atoms with E-state index >= 15 is 0 Å². The molecule has 0 atom stereocenters.